The first-order chi connectivity index (χ1) is 9.72. The van der Waals surface area contributed by atoms with Crippen LogP contribution in [0.1, 0.15) is 37.4 Å². The lowest BCUT2D eigenvalue weighted by molar-refractivity contribution is 0.356. The number of aromatic nitrogens is 2. The van der Waals surface area contributed by atoms with Gasteiger partial charge in [0.15, 0.2) is 11.5 Å². The highest BCUT2D eigenvalue weighted by Gasteiger charge is 2.26. The number of fused-ring (bicyclic) bond motifs is 1. The Morgan fingerprint density at radius 3 is 2.55 bits per heavy atom. The second-order valence-corrected chi connectivity index (χ2v) is 5.40. The van der Waals surface area contributed by atoms with Crippen LogP contribution in [0.5, 0.6) is 11.5 Å². The van der Waals surface area contributed by atoms with Crippen molar-refractivity contribution in [2.75, 3.05) is 14.2 Å². The molecule has 1 heterocycles. The molecule has 1 aromatic heterocycles. The van der Waals surface area contributed by atoms with E-state index in [4.69, 9.17) is 20.2 Å². The van der Waals surface area contributed by atoms with Gasteiger partial charge in [0, 0.05) is 24.1 Å². The van der Waals surface area contributed by atoms with Gasteiger partial charge < -0.3 is 20.2 Å². The van der Waals surface area contributed by atoms with Gasteiger partial charge in [-0.1, -0.05) is 12.8 Å². The quantitative estimate of drug-likeness (QED) is 0.903. The molecule has 2 aromatic rings. The number of methoxy groups -OCH3 is 2. The zero-order valence-corrected chi connectivity index (χ0v) is 12.0. The molecule has 5 nitrogen and oxygen atoms in total. The summed E-state index contributed by atoms with van der Waals surface area (Å²) in [5, 5.41) is 0. The summed E-state index contributed by atoms with van der Waals surface area (Å²) >= 11 is 0. The van der Waals surface area contributed by atoms with Gasteiger partial charge in [-0.3, -0.25) is 0 Å². The molecule has 2 unspecified atom stereocenters. The lowest BCUT2D eigenvalue weighted by Gasteiger charge is -2.26. The number of nitrogens with zero attached hydrogens (tertiary/aromatic N) is 1. The Morgan fingerprint density at radius 1 is 1.15 bits per heavy atom. The maximum absolute atomic E-state index is 6.24. The molecule has 3 N–H and O–H groups in total. The smallest absolute Gasteiger partial charge is 0.163 e. The minimum atomic E-state index is 0.202. The van der Waals surface area contributed by atoms with E-state index < -0.39 is 0 Å². The van der Waals surface area contributed by atoms with Gasteiger partial charge in [-0.05, 0) is 12.8 Å². The first-order valence-electron chi connectivity index (χ1n) is 7.10. The van der Waals surface area contributed by atoms with Crippen LogP contribution in [0.15, 0.2) is 12.1 Å². The molecule has 0 amide bonds. The molecule has 0 saturated heterocycles. The summed E-state index contributed by atoms with van der Waals surface area (Å²) in [5.41, 5.74) is 8.10. The maximum atomic E-state index is 6.24. The van der Waals surface area contributed by atoms with E-state index in [-0.39, 0.29) is 6.04 Å². The fourth-order valence-electron chi connectivity index (χ4n) is 3.03. The molecule has 1 aromatic carbocycles. The van der Waals surface area contributed by atoms with Gasteiger partial charge in [0.25, 0.3) is 0 Å². The molecule has 108 valence electrons. The average Bonchev–Trinajstić information content (AvgIpc) is 2.88. The largest absolute Gasteiger partial charge is 0.493 e. The van der Waals surface area contributed by atoms with Gasteiger partial charge in [0.1, 0.15) is 5.82 Å². The van der Waals surface area contributed by atoms with Crippen molar-refractivity contribution in [2.45, 2.75) is 37.6 Å². The molecule has 1 fully saturated rings. The predicted octanol–water partition coefficient (Wildman–Crippen LogP) is 2.57. The molecular weight excluding hydrogens is 254 g/mol. The number of rotatable bonds is 3. The minimum Gasteiger partial charge on any atom is -0.493 e. The van der Waals surface area contributed by atoms with Crippen LogP contribution >= 0.6 is 0 Å². The first-order valence-corrected chi connectivity index (χ1v) is 7.10. The van der Waals surface area contributed by atoms with Gasteiger partial charge in [0.05, 0.1) is 25.3 Å². The Bertz CT molecular complexity index is 567. The van der Waals surface area contributed by atoms with Crippen LogP contribution in [0.3, 0.4) is 0 Å². The third-order valence-corrected chi connectivity index (χ3v) is 4.18. The summed E-state index contributed by atoms with van der Waals surface area (Å²) in [6.45, 7) is 0. The standard InChI is InChI=1S/C15H21N3O2/c1-19-13-7-11-12(8-14(13)20-2)18-15(17-11)9-5-3-4-6-10(9)16/h7-10H,3-6,16H2,1-2H3,(H,17,18). The van der Waals surface area contributed by atoms with Gasteiger partial charge in [-0.25, -0.2) is 4.98 Å². The normalized spacial score (nSPS) is 22.9. The molecule has 1 saturated carbocycles. The Kier molecular flexibility index (Phi) is 3.53. The van der Waals surface area contributed by atoms with E-state index in [9.17, 15) is 0 Å². The maximum Gasteiger partial charge on any atom is 0.163 e. The molecule has 3 rings (SSSR count). The third kappa shape index (κ3) is 2.22. The van der Waals surface area contributed by atoms with Crippen molar-refractivity contribution in [1.82, 2.24) is 9.97 Å². The van der Waals surface area contributed by atoms with Gasteiger partial charge in [0.2, 0.25) is 0 Å². The predicted molar refractivity (Wildman–Crippen MR) is 78.4 cm³/mol. The number of benzene rings is 1. The van der Waals surface area contributed by atoms with Crippen molar-refractivity contribution in [3.8, 4) is 11.5 Å². The van der Waals surface area contributed by atoms with Crippen molar-refractivity contribution in [1.29, 1.82) is 0 Å². The zero-order valence-electron chi connectivity index (χ0n) is 12.0. The third-order valence-electron chi connectivity index (χ3n) is 4.18. The summed E-state index contributed by atoms with van der Waals surface area (Å²) in [6, 6.07) is 4.04. The van der Waals surface area contributed by atoms with Crippen LogP contribution in [0, 0.1) is 0 Å². The van der Waals surface area contributed by atoms with Crippen LogP contribution in [0.25, 0.3) is 11.0 Å². The minimum absolute atomic E-state index is 0.202. The molecule has 20 heavy (non-hydrogen) atoms. The second kappa shape index (κ2) is 5.32. The highest BCUT2D eigenvalue weighted by atomic mass is 16.5. The lowest BCUT2D eigenvalue weighted by atomic mass is 9.84. The van der Waals surface area contributed by atoms with Gasteiger partial charge in [-0.15, -0.1) is 0 Å². The number of nitrogens with one attached hydrogen (secondary N) is 1. The Labute approximate surface area is 118 Å². The van der Waals surface area contributed by atoms with Gasteiger partial charge >= 0.3 is 0 Å². The van der Waals surface area contributed by atoms with Crippen molar-refractivity contribution < 1.29 is 9.47 Å². The number of ether oxygens (including phenoxy) is 2. The van der Waals surface area contributed by atoms with Crippen molar-refractivity contribution >= 4 is 11.0 Å². The molecule has 1 aliphatic carbocycles. The molecule has 0 spiro atoms. The molecule has 5 heteroatoms. The number of aromatic amines is 1. The second-order valence-electron chi connectivity index (χ2n) is 5.40. The molecule has 2 atom stereocenters. The van der Waals surface area contributed by atoms with Crippen LogP contribution < -0.4 is 15.2 Å². The Morgan fingerprint density at radius 2 is 1.85 bits per heavy atom. The topological polar surface area (TPSA) is 73.2 Å². The summed E-state index contributed by atoms with van der Waals surface area (Å²) in [6.07, 6.45) is 4.63. The van der Waals surface area contributed by atoms with E-state index in [1.54, 1.807) is 14.2 Å². The van der Waals surface area contributed by atoms with E-state index in [1.165, 1.54) is 12.8 Å². The summed E-state index contributed by atoms with van der Waals surface area (Å²) in [5.74, 6) is 2.73. The number of hydrogen-bond acceptors (Lipinski definition) is 4. The van der Waals surface area contributed by atoms with Crippen molar-refractivity contribution in [3.05, 3.63) is 18.0 Å². The van der Waals surface area contributed by atoms with Crippen LogP contribution in [0.2, 0.25) is 0 Å². The lowest BCUT2D eigenvalue weighted by Crippen LogP contribution is -2.31. The SMILES string of the molecule is COc1cc2nc(C3CCCCC3N)[nH]c2cc1OC. The average molecular weight is 275 g/mol. The van der Waals surface area contributed by atoms with E-state index >= 15 is 0 Å². The molecule has 0 radical (unpaired) electrons. The first kappa shape index (κ1) is 13.2. The monoisotopic (exact) mass is 275 g/mol. The fraction of sp³-hybridized carbons (Fsp3) is 0.533. The van der Waals surface area contributed by atoms with E-state index in [1.807, 2.05) is 12.1 Å². The molecule has 0 bridgehead atoms. The van der Waals surface area contributed by atoms with Crippen molar-refractivity contribution in [3.63, 3.8) is 0 Å². The number of H-pyrrole nitrogens is 1. The number of nitrogens with two attached hydrogens (primary N) is 1. The van der Waals surface area contributed by atoms with Crippen molar-refractivity contribution in [2.24, 2.45) is 5.73 Å². The van der Waals surface area contributed by atoms with E-state index in [0.717, 1.165) is 29.7 Å². The zero-order chi connectivity index (χ0) is 14.1. The fourth-order valence-corrected chi connectivity index (χ4v) is 3.03. The van der Waals surface area contributed by atoms with Crippen LogP contribution in [0.4, 0.5) is 0 Å². The van der Waals surface area contributed by atoms with E-state index in [0.29, 0.717) is 17.4 Å². The summed E-state index contributed by atoms with van der Waals surface area (Å²) < 4.78 is 10.6. The number of hydrogen-bond donors (Lipinski definition) is 2. The highest BCUT2D eigenvalue weighted by Crippen LogP contribution is 2.35. The number of imidazole rings is 1. The van der Waals surface area contributed by atoms with Gasteiger partial charge in [-0.2, -0.15) is 0 Å². The van der Waals surface area contributed by atoms with Crippen LogP contribution in [-0.2, 0) is 0 Å². The molecule has 1 aliphatic rings. The van der Waals surface area contributed by atoms with E-state index in [2.05, 4.69) is 4.98 Å². The molecular formula is C15H21N3O2. The highest BCUT2D eigenvalue weighted by molar-refractivity contribution is 5.79. The Balaban J connectivity index is 2.01. The molecule has 0 aliphatic heterocycles. The van der Waals surface area contributed by atoms with Crippen LogP contribution in [-0.4, -0.2) is 30.2 Å². The Hall–Kier alpha value is -1.75. The summed E-state index contributed by atoms with van der Waals surface area (Å²) in [4.78, 5) is 8.09. The summed E-state index contributed by atoms with van der Waals surface area (Å²) in [7, 11) is 3.27.